The number of benzene rings is 1. The Hall–Kier alpha value is -0.800. The van der Waals surface area contributed by atoms with Crippen molar-refractivity contribution in [2.75, 3.05) is 6.54 Å². The van der Waals surface area contributed by atoms with Gasteiger partial charge in [0.2, 0.25) is 0 Å². The summed E-state index contributed by atoms with van der Waals surface area (Å²) in [6.07, 6.45) is 2.50. The fourth-order valence-electron chi connectivity index (χ4n) is 2.30. The van der Waals surface area contributed by atoms with Crippen molar-refractivity contribution in [1.29, 1.82) is 0 Å². The zero-order valence-electron chi connectivity index (χ0n) is 8.39. The number of aromatic nitrogens is 1. The van der Waals surface area contributed by atoms with Crippen LogP contribution >= 0.6 is 15.9 Å². The van der Waals surface area contributed by atoms with E-state index in [9.17, 15) is 0 Å². The van der Waals surface area contributed by atoms with Crippen LogP contribution in [0.5, 0.6) is 0 Å². The molecule has 2 N–H and O–H groups in total. The van der Waals surface area contributed by atoms with Gasteiger partial charge in [-0.1, -0.05) is 18.2 Å². The van der Waals surface area contributed by atoms with Crippen LogP contribution in [0.4, 0.5) is 0 Å². The Morgan fingerprint density at radius 1 is 1.27 bits per heavy atom. The van der Waals surface area contributed by atoms with Crippen molar-refractivity contribution in [3.8, 4) is 0 Å². The van der Waals surface area contributed by atoms with Crippen LogP contribution in [-0.4, -0.2) is 11.5 Å². The number of nitrogens with one attached hydrogen (secondary N) is 2. The van der Waals surface area contributed by atoms with Crippen LogP contribution in [0.25, 0.3) is 10.9 Å². The lowest BCUT2D eigenvalue weighted by atomic mass is 10.1. The van der Waals surface area contributed by atoms with Gasteiger partial charge in [0.05, 0.1) is 0 Å². The molecule has 1 atom stereocenters. The lowest BCUT2D eigenvalue weighted by Crippen LogP contribution is -2.13. The van der Waals surface area contributed by atoms with Crippen LogP contribution in [0.1, 0.15) is 24.6 Å². The molecule has 2 heterocycles. The molecule has 1 saturated heterocycles. The normalized spacial score (nSPS) is 21.3. The van der Waals surface area contributed by atoms with Gasteiger partial charge in [0.1, 0.15) is 0 Å². The van der Waals surface area contributed by atoms with Crippen LogP contribution in [0.15, 0.2) is 28.7 Å². The van der Waals surface area contributed by atoms with Crippen molar-refractivity contribution < 1.29 is 0 Å². The van der Waals surface area contributed by atoms with Gasteiger partial charge in [0.15, 0.2) is 0 Å². The average molecular weight is 265 g/mol. The molecule has 1 aromatic carbocycles. The van der Waals surface area contributed by atoms with Crippen LogP contribution in [-0.2, 0) is 0 Å². The summed E-state index contributed by atoms with van der Waals surface area (Å²) in [5.41, 5.74) is 2.52. The lowest BCUT2D eigenvalue weighted by Gasteiger charge is -2.08. The number of H-pyrrole nitrogens is 1. The topological polar surface area (TPSA) is 27.8 Å². The first kappa shape index (κ1) is 9.43. The highest BCUT2D eigenvalue weighted by Gasteiger charge is 2.21. The minimum Gasteiger partial charge on any atom is -0.356 e. The SMILES string of the molecule is Brc1c(C2CCCN2)[nH]c2ccccc12. The highest BCUT2D eigenvalue weighted by atomic mass is 79.9. The molecule has 0 saturated carbocycles. The number of halogens is 1. The zero-order valence-corrected chi connectivity index (χ0v) is 9.97. The standard InChI is InChI=1S/C12H13BrN2/c13-11-8-4-1-2-5-9(8)15-12(11)10-6-3-7-14-10/h1-2,4-5,10,14-15H,3,6-7H2. The smallest absolute Gasteiger partial charge is 0.0485 e. The maximum Gasteiger partial charge on any atom is 0.0485 e. The molecule has 1 aromatic heterocycles. The summed E-state index contributed by atoms with van der Waals surface area (Å²) >= 11 is 3.69. The molecule has 1 aliphatic rings. The Morgan fingerprint density at radius 3 is 2.87 bits per heavy atom. The summed E-state index contributed by atoms with van der Waals surface area (Å²) in [7, 11) is 0. The van der Waals surface area contributed by atoms with Crippen molar-refractivity contribution in [1.82, 2.24) is 10.3 Å². The third-order valence-corrected chi connectivity index (χ3v) is 3.93. The monoisotopic (exact) mass is 264 g/mol. The van der Waals surface area contributed by atoms with E-state index < -0.39 is 0 Å². The molecule has 2 aromatic rings. The highest BCUT2D eigenvalue weighted by Crippen LogP contribution is 2.34. The number of aromatic amines is 1. The zero-order chi connectivity index (χ0) is 10.3. The summed E-state index contributed by atoms with van der Waals surface area (Å²) in [5, 5.41) is 4.79. The molecule has 78 valence electrons. The minimum atomic E-state index is 0.492. The first-order chi connectivity index (χ1) is 7.36. The molecule has 15 heavy (non-hydrogen) atoms. The molecule has 0 amide bonds. The number of hydrogen-bond donors (Lipinski definition) is 2. The first-order valence-electron chi connectivity index (χ1n) is 5.36. The molecule has 0 bridgehead atoms. The number of hydrogen-bond acceptors (Lipinski definition) is 1. The van der Waals surface area contributed by atoms with Gasteiger partial charge in [-0.05, 0) is 41.4 Å². The molecule has 1 fully saturated rings. The fourth-order valence-corrected chi connectivity index (χ4v) is 3.02. The van der Waals surface area contributed by atoms with Crippen LogP contribution in [0.3, 0.4) is 0 Å². The Balaban J connectivity index is 2.14. The summed E-state index contributed by atoms with van der Waals surface area (Å²) in [4.78, 5) is 3.50. The average Bonchev–Trinajstić information content (AvgIpc) is 2.87. The summed E-state index contributed by atoms with van der Waals surface area (Å²) in [5.74, 6) is 0. The van der Waals surface area contributed by atoms with E-state index in [4.69, 9.17) is 0 Å². The Morgan fingerprint density at radius 2 is 2.13 bits per heavy atom. The maximum atomic E-state index is 3.69. The van der Waals surface area contributed by atoms with E-state index >= 15 is 0 Å². The van der Waals surface area contributed by atoms with Gasteiger partial charge in [0, 0.05) is 27.1 Å². The molecular weight excluding hydrogens is 252 g/mol. The van der Waals surface area contributed by atoms with Crippen LogP contribution in [0, 0.1) is 0 Å². The largest absolute Gasteiger partial charge is 0.356 e. The quantitative estimate of drug-likeness (QED) is 0.813. The van der Waals surface area contributed by atoms with Gasteiger partial charge in [-0.25, -0.2) is 0 Å². The number of para-hydroxylation sites is 1. The molecule has 0 spiro atoms. The second kappa shape index (κ2) is 3.65. The second-order valence-corrected chi connectivity index (χ2v) is 4.84. The third kappa shape index (κ3) is 1.50. The van der Waals surface area contributed by atoms with Crippen molar-refractivity contribution in [3.05, 3.63) is 34.4 Å². The van der Waals surface area contributed by atoms with Gasteiger partial charge in [-0.15, -0.1) is 0 Å². The van der Waals surface area contributed by atoms with E-state index in [0.29, 0.717) is 6.04 Å². The van der Waals surface area contributed by atoms with E-state index in [1.807, 2.05) is 0 Å². The molecular formula is C12H13BrN2. The molecule has 0 aliphatic carbocycles. The van der Waals surface area contributed by atoms with E-state index in [1.165, 1.54) is 33.9 Å². The van der Waals surface area contributed by atoms with Crippen LogP contribution in [0.2, 0.25) is 0 Å². The molecule has 2 nitrogen and oxygen atoms in total. The Kier molecular flexibility index (Phi) is 2.29. The number of fused-ring (bicyclic) bond motifs is 1. The highest BCUT2D eigenvalue weighted by molar-refractivity contribution is 9.10. The minimum absolute atomic E-state index is 0.492. The van der Waals surface area contributed by atoms with E-state index in [0.717, 1.165) is 6.54 Å². The van der Waals surface area contributed by atoms with Gasteiger partial charge < -0.3 is 10.3 Å². The summed E-state index contributed by atoms with van der Waals surface area (Å²) in [6.45, 7) is 1.13. The molecule has 0 radical (unpaired) electrons. The molecule has 3 rings (SSSR count). The lowest BCUT2D eigenvalue weighted by molar-refractivity contribution is 0.630. The predicted molar refractivity (Wildman–Crippen MR) is 66.0 cm³/mol. The van der Waals surface area contributed by atoms with Gasteiger partial charge >= 0.3 is 0 Å². The van der Waals surface area contributed by atoms with E-state index in [-0.39, 0.29) is 0 Å². The van der Waals surface area contributed by atoms with Crippen LogP contribution < -0.4 is 5.32 Å². The van der Waals surface area contributed by atoms with E-state index in [1.54, 1.807) is 0 Å². The fraction of sp³-hybridized carbons (Fsp3) is 0.333. The van der Waals surface area contributed by atoms with Crippen molar-refractivity contribution in [3.63, 3.8) is 0 Å². The summed E-state index contributed by atoms with van der Waals surface area (Å²) in [6, 6.07) is 8.91. The van der Waals surface area contributed by atoms with Crippen molar-refractivity contribution in [2.45, 2.75) is 18.9 Å². The van der Waals surface area contributed by atoms with E-state index in [2.05, 4.69) is 50.5 Å². The molecule has 3 heteroatoms. The van der Waals surface area contributed by atoms with Gasteiger partial charge in [0.25, 0.3) is 0 Å². The molecule has 1 unspecified atom stereocenters. The maximum absolute atomic E-state index is 3.69. The van der Waals surface area contributed by atoms with Gasteiger partial charge in [-0.2, -0.15) is 0 Å². The Labute approximate surface area is 97.2 Å². The van der Waals surface area contributed by atoms with Crippen molar-refractivity contribution >= 4 is 26.8 Å². The summed E-state index contributed by atoms with van der Waals surface area (Å²) < 4.78 is 1.22. The third-order valence-electron chi connectivity index (χ3n) is 3.08. The number of rotatable bonds is 1. The predicted octanol–water partition coefficient (Wildman–Crippen LogP) is 3.35. The van der Waals surface area contributed by atoms with Gasteiger partial charge in [-0.3, -0.25) is 0 Å². The van der Waals surface area contributed by atoms with Crippen molar-refractivity contribution in [2.24, 2.45) is 0 Å². The second-order valence-electron chi connectivity index (χ2n) is 4.05. The first-order valence-corrected chi connectivity index (χ1v) is 6.15. The molecule has 1 aliphatic heterocycles. The Bertz CT molecular complexity index is 483.